The Morgan fingerprint density at radius 1 is 0.960 bits per heavy atom. The zero-order chi connectivity index (χ0) is 17.6. The molecule has 0 amide bonds. The van der Waals surface area contributed by atoms with E-state index in [1.54, 1.807) is 12.1 Å². The van der Waals surface area contributed by atoms with Crippen LogP contribution in [0, 0.1) is 0 Å². The smallest absolute Gasteiger partial charge is 0.215 e. The second kappa shape index (κ2) is 5.63. The van der Waals surface area contributed by atoms with Crippen LogP contribution in [0.15, 0.2) is 48.8 Å². The monoisotopic (exact) mass is 329 g/mol. The number of hydrogen-bond donors (Lipinski definition) is 0. The van der Waals surface area contributed by atoms with Gasteiger partial charge >= 0.3 is 0 Å². The van der Waals surface area contributed by atoms with E-state index >= 15 is 0 Å². The quantitative estimate of drug-likeness (QED) is 0.566. The van der Waals surface area contributed by atoms with Gasteiger partial charge in [-0.25, -0.2) is 4.98 Å². The van der Waals surface area contributed by atoms with Crippen molar-refractivity contribution < 1.29 is 9.59 Å². The first-order valence-electron chi connectivity index (χ1n) is 7.89. The van der Waals surface area contributed by atoms with E-state index < -0.39 is 0 Å². The normalized spacial score (nSPS) is 13.2. The molecule has 122 valence electrons. The third kappa shape index (κ3) is 2.32. The third-order valence-electron chi connectivity index (χ3n) is 4.18. The summed E-state index contributed by atoms with van der Waals surface area (Å²) < 4.78 is 0. The van der Waals surface area contributed by atoms with E-state index in [4.69, 9.17) is 0 Å². The number of ketones is 2. The predicted octanol–water partition coefficient (Wildman–Crippen LogP) is 2.94. The van der Waals surface area contributed by atoms with Crippen LogP contribution in [0.1, 0.15) is 37.7 Å². The number of pyridine rings is 2. The molecule has 5 nitrogen and oxygen atoms in total. The van der Waals surface area contributed by atoms with Gasteiger partial charge in [-0.3, -0.25) is 14.6 Å². The van der Waals surface area contributed by atoms with Crippen molar-refractivity contribution in [2.24, 2.45) is 0 Å². The van der Waals surface area contributed by atoms with Crippen molar-refractivity contribution in [3.05, 3.63) is 76.9 Å². The molecule has 0 N–H and O–H groups in total. The first kappa shape index (κ1) is 15.2. The van der Waals surface area contributed by atoms with Crippen LogP contribution in [0.25, 0.3) is 17.0 Å². The minimum absolute atomic E-state index is 0.191. The maximum atomic E-state index is 13.1. The van der Waals surface area contributed by atoms with Gasteiger partial charge in [0.15, 0.2) is 0 Å². The average Bonchev–Trinajstić information content (AvgIpc) is 2.63. The fraction of sp³-hybridized carbons (Fsp3) is 0.100. The number of hydrogen-bond acceptors (Lipinski definition) is 5. The van der Waals surface area contributed by atoms with E-state index in [1.165, 1.54) is 6.20 Å². The van der Waals surface area contributed by atoms with Crippen LogP contribution in [0.4, 0.5) is 0 Å². The van der Waals surface area contributed by atoms with Gasteiger partial charge in [-0.1, -0.05) is 18.2 Å². The minimum atomic E-state index is -0.262. The van der Waals surface area contributed by atoms with Gasteiger partial charge in [0.05, 0.1) is 16.6 Å². The Hall–Kier alpha value is -3.34. The fourth-order valence-corrected chi connectivity index (χ4v) is 3.04. The van der Waals surface area contributed by atoms with Crippen LogP contribution in [-0.4, -0.2) is 40.5 Å². The summed E-state index contributed by atoms with van der Waals surface area (Å²) in [6.07, 6.45) is 5.23. The SMILES string of the molecule is CN(C)C=Cc1c2c(nc3ccccc13)C(=O)c1cccnc1C2=O. The Bertz CT molecular complexity index is 1070. The fourth-order valence-electron chi connectivity index (χ4n) is 3.04. The molecule has 4 rings (SSSR count). The molecule has 5 heteroatoms. The molecule has 0 atom stereocenters. The summed E-state index contributed by atoms with van der Waals surface area (Å²) in [5.74, 6) is -0.523. The molecule has 0 radical (unpaired) electrons. The van der Waals surface area contributed by atoms with Gasteiger partial charge in [-0.15, -0.1) is 0 Å². The molecule has 25 heavy (non-hydrogen) atoms. The summed E-state index contributed by atoms with van der Waals surface area (Å²) in [4.78, 5) is 36.5. The zero-order valence-corrected chi connectivity index (χ0v) is 13.9. The first-order chi connectivity index (χ1) is 12.1. The summed E-state index contributed by atoms with van der Waals surface area (Å²) in [5.41, 5.74) is 2.41. The van der Waals surface area contributed by atoms with Crippen molar-refractivity contribution in [3.63, 3.8) is 0 Å². The molecule has 2 heterocycles. The van der Waals surface area contributed by atoms with Crippen LogP contribution in [0.2, 0.25) is 0 Å². The Labute approximate surface area is 144 Å². The number of rotatable bonds is 2. The number of para-hydroxylation sites is 1. The Morgan fingerprint density at radius 2 is 1.76 bits per heavy atom. The van der Waals surface area contributed by atoms with Gasteiger partial charge in [0.2, 0.25) is 11.6 Å². The molecule has 0 fully saturated rings. The number of carbonyl (C=O) groups is 2. The van der Waals surface area contributed by atoms with Gasteiger partial charge in [0.1, 0.15) is 11.4 Å². The lowest BCUT2D eigenvalue weighted by Gasteiger charge is -2.19. The highest BCUT2D eigenvalue weighted by Gasteiger charge is 2.34. The average molecular weight is 329 g/mol. The predicted molar refractivity (Wildman–Crippen MR) is 95.6 cm³/mol. The highest BCUT2D eigenvalue weighted by atomic mass is 16.1. The number of carbonyl (C=O) groups excluding carboxylic acids is 2. The molecule has 0 aliphatic heterocycles. The summed E-state index contributed by atoms with van der Waals surface area (Å²) in [6, 6.07) is 10.8. The zero-order valence-electron chi connectivity index (χ0n) is 13.9. The summed E-state index contributed by atoms with van der Waals surface area (Å²) >= 11 is 0. The lowest BCUT2D eigenvalue weighted by atomic mass is 9.86. The lowest BCUT2D eigenvalue weighted by Crippen LogP contribution is -2.25. The molecule has 0 saturated heterocycles. The van der Waals surface area contributed by atoms with E-state index in [0.29, 0.717) is 22.2 Å². The second-order valence-electron chi connectivity index (χ2n) is 6.10. The third-order valence-corrected chi connectivity index (χ3v) is 4.18. The molecule has 0 bridgehead atoms. The Balaban J connectivity index is 2.09. The summed E-state index contributed by atoms with van der Waals surface area (Å²) in [6.45, 7) is 0. The van der Waals surface area contributed by atoms with E-state index in [0.717, 1.165) is 5.39 Å². The molecule has 2 aromatic heterocycles. The van der Waals surface area contributed by atoms with E-state index in [2.05, 4.69) is 9.97 Å². The van der Waals surface area contributed by atoms with E-state index in [-0.39, 0.29) is 23.0 Å². The highest BCUT2D eigenvalue weighted by molar-refractivity contribution is 6.29. The Kier molecular flexibility index (Phi) is 3.42. The number of nitrogens with zero attached hydrogens (tertiary/aromatic N) is 3. The molecule has 1 aliphatic rings. The van der Waals surface area contributed by atoms with E-state index in [9.17, 15) is 9.59 Å². The van der Waals surface area contributed by atoms with Gasteiger partial charge in [-0.2, -0.15) is 0 Å². The topological polar surface area (TPSA) is 63.2 Å². The molecular formula is C20H15N3O2. The van der Waals surface area contributed by atoms with Crippen LogP contribution in [0.5, 0.6) is 0 Å². The van der Waals surface area contributed by atoms with Crippen molar-refractivity contribution in [2.45, 2.75) is 0 Å². The van der Waals surface area contributed by atoms with Gasteiger partial charge in [0.25, 0.3) is 0 Å². The maximum absolute atomic E-state index is 13.1. The minimum Gasteiger partial charge on any atom is -0.383 e. The molecule has 0 saturated carbocycles. The highest BCUT2D eigenvalue weighted by Crippen LogP contribution is 2.32. The number of fused-ring (bicyclic) bond motifs is 3. The first-order valence-corrected chi connectivity index (χ1v) is 7.89. The molecular weight excluding hydrogens is 314 g/mol. The van der Waals surface area contributed by atoms with Gasteiger partial charge in [-0.05, 0) is 36.0 Å². The molecule has 1 aromatic carbocycles. The van der Waals surface area contributed by atoms with Gasteiger partial charge in [0, 0.05) is 25.7 Å². The largest absolute Gasteiger partial charge is 0.383 e. The van der Waals surface area contributed by atoms with Crippen molar-refractivity contribution >= 4 is 28.5 Å². The summed E-state index contributed by atoms with van der Waals surface area (Å²) in [5, 5.41) is 0.833. The summed E-state index contributed by atoms with van der Waals surface area (Å²) in [7, 11) is 3.80. The Morgan fingerprint density at radius 3 is 2.56 bits per heavy atom. The van der Waals surface area contributed by atoms with Crippen LogP contribution in [0.3, 0.4) is 0 Å². The van der Waals surface area contributed by atoms with Gasteiger partial charge < -0.3 is 4.90 Å². The van der Waals surface area contributed by atoms with Crippen molar-refractivity contribution in [3.8, 4) is 0 Å². The lowest BCUT2D eigenvalue weighted by molar-refractivity contribution is 0.0972. The van der Waals surface area contributed by atoms with Crippen LogP contribution < -0.4 is 0 Å². The molecule has 0 spiro atoms. The van der Waals surface area contributed by atoms with Crippen molar-refractivity contribution in [2.75, 3.05) is 14.1 Å². The number of benzene rings is 1. The van der Waals surface area contributed by atoms with Crippen LogP contribution in [-0.2, 0) is 0 Å². The molecule has 1 aliphatic carbocycles. The van der Waals surface area contributed by atoms with E-state index in [1.807, 2.05) is 55.5 Å². The standard InChI is InChI=1S/C20H15N3O2/c1-23(2)11-9-13-12-6-3-4-8-15(12)22-18-16(13)20(25)17-14(19(18)24)7-5-10-21-17/h3-11H,1-2H3. The maximum Gasteiger partial charge on any atom is 0.215 e. The molecule has 0 unspecified atom stereocenters. The molecule has 3 aromatic rings. The second-order valence-corrected chi connectivity index (χ2v) is 6.10. The van der Waals surface area contributed by atoms with Crippen LogP contribution >= 0.6 is 0 Å². The van der Waals surface area contributed by atoms with Crippen molar-refractivity contribution in [1.29, 1.82) is 0 Å². The van der Waals surface area contributed by atoms with Crippen molar-refractivity contribution in [1.82, 2.24) is 14.9 Å². The number of aromatic nitrogens is 2.